The Labute approximate surface area is 119 Å². The van der Waals surface area contributed by atoms with E-state index in [1.807, 2.05) is 37.5 Å². The predicted molar refractivity (Wildman–Crippen MR) is 80.6 cm³/mol. The van der Waals surface area contributed by atoms with Gasteiger partial charge >= 0.3 is 0 Å². The van der Waals surface area contributed by atoms with Crippen LogP contribution < -0.4 is 5.32 Å². The van der Waals surface area contributed by atoms with Gasteiger partial charge in [0.25, 0.3) is 0 Å². The Bertz CT molecular complexity index is 540. The summed E-state index contributed by atoms with van der Waals surface area (Å²) in [6, 6.07) is 12.3. The fraction of sp³-hybridized carbons (Fsp3) is 0.312. The van der Waals surface area contributed by atoms with Crippen LogP contribution in [0.1, 0.15) is 35.7 Å². The van der Waals surface area contributed by atoms with E-state index in [9.17, 15) is 0 Å². The van der Waals surface area contributed by atoms with Crippen LogP contribution in [-0.4, -0.2) is 12.0 Å². The summed E-state index contributed by atoms with van der Waals surface area (Å²) in [6.45, 7) is 4.25. The first-order chi connectivity index (χ1) is 9.15. The molecule has 0 spiro atoms. The minimum Gasteiger partial charge on any atom is -0.312 e. The zero-order valence-corrected chi connectivity index (χ0v) is 12.3. The number of aromatic nitrogens is 1. The van der Waals surface area contributed by atoms with E-state index in [1.54, 1.807) is 0 Å². The number of hydrogen-bond acceptors (Lipinski definition) is 2. The molecule has 0 amide bonds. The van der Waals surface area contributed by atoms with Crippen molar-refractivity contribution in [3.63, 3.8) is 0 Å². The average Bonchev–Trinajstić information content (AvgIpc) is 2.45. The highest BCUT2D eigenvalue weighted by Crippen LogP contribution is 2.33. The lowest BCUT2D eigenvalue weighted by molar-refractivity contribution is 0.497. The van der Waals surface area contributed by atoms with Crippen LogP contribution in [0.4, 0.5) is 0 Å². The minimum absolute atomic E-state index is 0.202. The molecule has 0 saturated carbocycles. The molecule has 0 aliphatic heterocycles. The summed E-state index contributed by atoms with van der Waals surface area (Å²) in [5.41, 5.74) is 3.45. The normalized spacial score (nSPS) is 14.1. The molecule has 0 saturated heterocycles. The Hall–Kier alpha value is -1.38. The number of rotatable bonds is 4. The average molecular weight is 275 g/mol. The Morgan fingerprint density at radius 2 is 1.95 bits per heavy atom. The van der Waals surface area contributed by atoms with Crippen molar-refractivity contribution in [3.05, 3.63) is 64.4 Å². The third-order valence-corrected chi connectivity index (χ3v) is 4.02. The summed E-state index contributed by atoms with van der Waals surface area (Å²) in [5, 5.41) is 4.20. The van der Waals surface area contributed by atoms with Gasteiger partial charge in [0.2, 0.25) is 0 Å². The quantitative estimate of drug-likeness (QED) is 0.908. The molecule has 1 heterocycles. The fourth-order valence-corrected chi connectivity index (χ4v) is 2.63. The van der Waals surface area contributed by atoms with E-state index in [4.69, 9.17) is 11.6 Å². The lowest BCUT2D eigenvalue weighted by Gasteiger charge is -2.25. The van der Waals surface area contributed by atoms with Crippen LogP contribution in [0, 0.1) is 6.92 Å². The van der Waals surface area contributed by atoms with Crippen molar-refractivity contribution in [3.8, 4) is 0 Å². The number of nitrogens with zero attached hydrogens (tertiary/aromatic N) is 1. The van der Waals surface area contributed by atoms with Gasteiger partial charge in [0, 0.05) is 28.9 Å². The highest BCUT2D eigenvalue weighted by Gasteiger charge is 2.22. The molecule has 2 unspecified atom stereocenters. The largest absolute Gasteiger partial charge is 0.312 e. The van der Waals surface area contributed by atoms with Crippen molar-refractivity contribution < 1.29 is 0 Å². The van der Waals surface area contributed by atoms with Gasteiger partial charge in [0.05, 0.1) is 0 Å². The number of likely N-dealkylation sites (N-methyl/N-ethyl adjacent to an activating group) is 1. The lowest BCUT2D eigenvalue weighted by Crippen LogP contribution is -2.23. The summed E-state index contributed by atoms with van der Waals surface area (Å²) in [6.07, 6.45) is 1.84. The van der Waals surface area contributed by atoms with Crippen molar-refractivity contribution in [2.24, 2.45) is 0 Å². The molecule has 0 aliphatic rings. The van der Waals surface area contributed by atoms with Gasteiger partial charge in [0.15, 0.2) is 0 Å². The van der Waals surface area contributed by atoms with Crippen LogP contribution in [0.25, 0.3) is 0 Å². The second-order valence-corrected chi connectivity index (χ2v) is 5.17. The molecule has 2 nitrogen and oxygen atoms in total. The Morgan fingerprint density at radius 1 is 1.16 bits per heavy atom. The summed E-state index contributed by atoms with van der Waals surface area (Å²) >= 11 is 6.22. The van der Waals surface area contributed by atoms with E-state index in [-0.39, 0.29) is 12.0 Å². The first-order valence-electron chi connectivity index (χ1n) is 6.48. The minimum atomic E-state index is 0.202. The van der Waals surface area contributed by atoms with Crippen LogP contribution in [0.15, 0.2) is 42.6 Å². The smallest absolute Gasteiger partial charge is 0.0450 e. The zero-order chi connectivity index (χ0) is 13.8. The second-order valence-electron chi connectivity index (χ2n) is 4.76. The molecule has 19 heavy (non-hydrogen) atoms. The van der Waals surface area contributed by atoms with E-state index in [1.165, 1.54) is 5.56 Å². The van der Waals surface area contributed by atoms with Gasteiger partial charge in [-0.3, -0.25) is 4.98 Å². The second kappa shape index (κ2) is 6.18. The first-order valence-corrected chi connectivity index (χ1v) is 6.86. The molecular weight excluding hydrogens is 256 g/mol. The van der Waals surface area contributed by atoms with E-state index in [2.05, 4.69) is 36.3 Å². The molecule has 0 bridgehead atoms. The molecule has 1 N–H and O–H groups in total. The number of hydrogen-bond donors (Lipinski definition) is 1. The van der Waals surface area contributed by atoms with Gasteiger partial charge < -0.3 is 5.32 Å². The van der Waals surface area contributed by atoms with Crippen LogP contribution in [0.3, 0.4) is 0 Å². The molecule has 2 aromatic rings. The number of halogens is 1. The Morgan fingerprint density at radius 3 is 2.58 bits per heavy atom. The van der Waals surface area contributed by atoms with Gasteiger partial charge in [0.1, 0.15) is 0 Å². The highest BCUT2D eigenvalue weighted by atomic mass is 35.5. The van der Waals surface area contributed by atoms with Gasteiger partial charge in [-0.1, -0.05) is 36.7 Å². The van der Waals surface area contributed by atoms with Crippen molar-refractivity contribution in [1.82, 2.24) is 10.3 Å². The fourth-order valence-electron chi connectivity index (χ4n) is 2.45. The molecule has 1 aromatic heterocycles. The van der Waals surface area contributed by atoms with Crippen molar-refractivity contribution in [1.29, 1.82) is 0 Å². The van der Waals surface area contributed by atoms with Crippen molar-refractivity contribution in [2.45, 2.75) is 25.8 Å². The SMILES string of the molecule is CNC(c1cccc(Cl)c1C)C(C)c1ccccn1. The molecular formula is C16H19ClN2. The zero-order valence-electron chi connectivity index (χ0n) is 11.5. The van der Waals surface area contributed by atoms with Crippen LogP contribution in [0.5, 0.6) is 0 Å². The summed E-state index contributed by atoms with van der Waals surface area (Å²) < 4.78 is 0. The van der Waals surface area contributed by atoms with Gasteiger partial charge in [-0.15, -0.1) is 0 Å². The maximum absolute atomic E-state index is 6.22. The molecule has 100 valence electrons. The van der Waals surface area contributed by atoms with Crippen molar-refractivity contribution in [2.75, 3.05) is 7.05 Å². The Balaban J connectivity index is 2.37. The standard InChI is InChI=1S/C16H19ClN2/c1-11-13(7-6-8-14(11)17)16(18-3)12(2)15-9-4-5-10-19-15/h4-10,12,16,18H,1-3H3. The van der Waals surface area contributed by atoms with E-state index >= 15 is 0 Å². The highest BCUT2D eigenvalue weighted by molar-refractivity contribution is 6.31. The van der Waals surface area contributed by atoms with Crippen molar-refractivity contribution >= 4 is 11.6 Å². The lowest BCUT2D eigenvalue weighted by atomic mass is 9.89. The van der Waals surface area contributed by atoms with Gasteiger partial charge in [-0.25, -0.2) is 0 Å². The van der Waals surface area contributed by atoms with Gasteiger partial charge in [-0.05, 0) is 43.3 Å². The third-order valence-electron chi connectivity index (χ3n) is 3.61. The molecule has 3 heteroatoms. The van der Waals surface area contributed by atoms with E-state index in [0.717, 1.165) is 16.3 Å². The molecule has 0 radical (unpaired) electrons. The first kappa shape index (κ1) is 14.0. The van der Waals surface area contributed by atoms with Crippen LogP contribution >= 0.6 is 11.6 Å². The van der Waals surface area contributed by atoms with Crippen LogP contribution in [0.2, 0.25) is 5.02 Å². The monoisotopic (exact) mass is 274 g/mol. The third kappa shape index (κ3) is 2.96. The molecule has 1 aromatic carbocycles. The van der Waals surface area contributed by atoms with E-state index < -0.39 is 0 Å². The number of nitrogens with one attached hydrogen (secondary N) is 1. The number of pyridine rings is 1. The Kier molecular flexibility index (Phi) is 4.56. The molecule has 2 atom stereocenters. The topological polar surface area (TPSA) is 24.9 Å². The van der Waals surface area contributed by atoms with Gasteiger partial charge in [-0.2, -0.15) is 0 Å². The maximum atomic E-state index is 6.22. The number of benzene rings is 1. The predicted octanol–water partition coefficient (Wildman–Crippen LogP) is 4.11. The summed E-state index contributed by atoms with van der Waals surface area (Å²) in [7, 11) is 1.98. The molecule has 2 rings (SSSR count). The van der Waals surface area contributed by atoms with E-state index in [0.29, 0.717) is 0 Å². The summed E-state index contributed by atoms with van der Waals surface area (Å²) in [5.74, 6) is 0.281. The summed E-state index contributed by atoms with van der Waals surface area (Å²) in [4.78, 5) is 4.45. The van der Waals surface area contributed by atoms with Crippen LogP contribution in [-0.2, 0) is 0 Å². The maximum Gasteiger partial charge on any atom is 0.0450 e. The molecule has 0 aliphatic carbocycles. The molecule has 0 fully saturated rings.